The van der Waals surface area contributed by atoms with Crippen LogP contribution in [0.25, 0.3) is 16.8 Å². The molecule has 1 amide bonds. The van der Waals surface area contributed by atoms with Crippen LogP contribution in [0.15, 0.2) is 41.5 Å². The minimum Gasteiger partial charge on any atom is -0.472 e. The Hall–Kier alpha value is -2.77. The van der Waals surface area contributed by atoms with Gasteiger partial charge in [0.25, 0.3) is 0 Å². The van der Waals surface area contributed by atoms with Crippen LogP contribution in [-0.2, 0) is 17.5 Å². The second kappa shape index (κ2) is 5.65. The highest BCUT2D eigenvalue weighted by Crippen LogP contribution is 2.35. The van der Waals surface area contributed by atoms with Crippen molar-refractivity contribution in [1.82, 2.24) is 14.7 Å². The first kappa shape index (κ1) is 15.7. The summed E-state index contributed by atoms with van der Waals surface area (Å²) in [5.74, 6) is -0.0392. The van der Waals surface area contributed by atoms with Crippen molar-refractivity contribution >= 4 is 11.6 Å². The van der Waals surface area contributed by atoms with E-state index in [9.17, 15) is 18.0 Å². The zero-order valence-corrected chi connectivity index (χ0v) is 13.0. The highest BCUT2D eigenvalue weighted by Gasteiger charge is 2.35. The monoisotopic (exact) mass is 349 g/mol. The van der Waals surface area contributed by atoms with E-state index >= 15 is 0 Å². The molecule has 0 unspecified atom stereocenters. The zero-order chi connectivity index (χ0) is 17.6. The molecular weight excluding hydrogens is 335 g/mol. The lowest BCUT2D eigenvalue weighted by atomic mass is 10.1. The van der Waals surface area contributed by atoms with Gasteiger partial charge in [-0.25, -0.2) is 4.98 Å². The maximum atomic E-state index is 13.4. The first-order valence-electron chi connectivity index (χ1n) is 7.81. The van der Waals surface area contributed by atoms with Crippen molar-refractivity contribution in [3.05, 3.63) is 48.3 Å². The van der Waals surface area contributed by atoms with Crippen molar-refractivity contribution in [2.75, 3.05) is 0 Å². The summed E-state index contributed by atoms with van der Waals surface area (Å²) >= 11 is 0. The largest absolute Gasteiger partial charge is 0.472 e. The van der Waals surface area contributed by atoms with Crippen LogP contribution in [0.5, 0.6) is 0 Å². The third-order valence-electron chi connectivity index (χ3n) is 4.15. The van der Waals surface area contributed by atoms with E-state index in [0.29, 0.717) is 16.8 Å². The van der Waals surface area contributed by atoms with E-state index in [1.807, 2.05) is 0 Å². The van der Waals surface area contributed by atoms with Crippen LogP contribution in [0.1, 0.15) is 24.1 Å². The van der Waals surface area contributed by atoms with Gasteiger partial charge in [0, 0.05) is 29.4 Å². The van der Waals surface area contributed by atoms with Crippen molar-refractivity contribution in [2.24, 2.45) is 5.92 Å². The number of amides is 1. The number of alkyl halides is 3. The summed E-state index contributed by atoms with van der Waals surface area (Å²) in [5.41, 5.74) is 0.287. The predicted octanol–water partition coefficient (Wildman–Crippen LogP) is 3.64. The van der Waals surface area contributed by atoms with E-state index in [1.165, 1.54) is 23.1 Å². The van der Waals surface area contributed by atoms with Crippen molar-refractivity contribution in [3.8, 4) is 11.1 Å². The van der Waals surface area contributed by atoms with Crippen LogP contribution in [0, 0.1) is 5.92 Å². The van der Waals surface area contributed by atoms with E-state index in [1.54, 1.807) is 12.3 Å². The molecular formula is C17H14F3N3O2. The topological polar surface area (TPSA) is 59.5 Å². The molecule has 3 aromatic heterocycles. The van der Waals surface area contributed by atoms with Gasteiger partial charge in [-0.2, -0.15) is 13.2 Å². The first-order valence-corrected chi connectivity index (χ1v) is 7.81. The van der Waals surface area contributed by atoms with Gasteiger partial charge in [-0.1, -0.05) is 0 Å². The van der Waals surface area contributed by atoms with Gasteiger partial charge in [-0.05, 0) is 25.0 Å². The summed E-state index contributed by atoms with van der Waals surface area (Å²) in [6, 6.07) is 2.65. The number of carbonyl (C=O) groups is 1. The maximum Gasteiger partial charge on any atom is 0.420 e. The Morgan fingerprint density at radius 1 is 1.32 bits per heavy atom. The molecule has 0 bridgehead atoms. The summed E-state index contributed by atoms with van der Waals surface area (Å²) < 4.78 is 46.6. The number of hydrogen-bond donors (Lipinski definition) is 1. The molecule has 0 saturated heterocycles. The first-order chi connectivity index (χ1) is 11.9. The minimum absolute atomic E-state index is 0.0375. The fraction of sp³-hybridized carbons (Fsp3) is 0.294. The number of nitrogens with zero attached hydrogens (tertiary/aromatic N) is 2. The maximum absolute atomic E-state index is 13.4. The lowest BCUT2D eigenvalue weighted by molar-refractivity contribution is -0.136. The fourth-order valence-electron chi connectivity index (χ4n) is 2.70. The molecule has 1 saturated carbocycles. The summed E-state index contributed by atoms with van der Waals surface area (Å²) in [4.78, 5) is 15.8. The Morgan fingerprint density at radius 2 is 2.12 bits per heavy atom. The quantitative estimate of drug-likeness (QED) is 0.782. The summed E-state index contributed by atoms with van der Waals surface area (Å²) in [6.07, 6.45) is 3.04. The average Bonchev–Trinajstić information content (AvgIpc) is 3.10. The van der Waals surface area contributed by atoms with Crippen LogP contribution in [-0.4, -0.2) is 15.3 Å². The van der Waals surface area contributed by atoms with Crippen molar-refractivity contribution in [2.45, 2.75) is 25.6 Å². The van der Waals surface area contributed by atoms with Gasteiger partial charge in [0.2, 0.25) is 5.91 Å². The van der Waals surface area contributed by atoms with Gasteiger partial charge < -0.3 is 14.1 Å². The smallest absolute Gasteiger partial charge is 0.420 e. The summed E-state index contributed by atoms with van der Waals surface area (Å²) in [7, 11) is 0. The standard InChI is InChI=1S/C17H14F3N3O2/c18-17(19,20)14-5-12(11-3-4-25-9-11)7-23-8-13(22-15(14)23)6-21-16(24)10-1-2-10/h3-5,7-10H,1-2,6H2,(H,21,24). The number of carbonyl (C=O) groups excluding carboxylic acids is 1. The number of fused-ring (bicyclic) bond motifs is 1. The number of aromatic nitrogens is 2. The molecule has 0 radical (unpaired) electrons. The van der Waals surface area contributed by atoms with Crippen molar-refractivity contribution in [3.63, 3.8) is 0 Å². The number of hydrogen-bond acceptors (Lipinski definition) is 3. The number of rotatable bonds is 4. The summed E-state index contributed by atoms with van der Waals surface area (Å²) in [6.45, 7) is 0.107. The Bertz CT molecular complexity index is 925. The van der Waals surface area contributed by atoms with E-state index in [0.717, 1.165) is 18.9 Å². The summed E-state index contributed by atoms with van der Waals surface area (Å²) in [5, 5.41) is 2.71. The molecule has 5 nitrogen and oxygen atoms in total. The second-order valence-electron chi connectivity index (χ2n) is 6.11. The molecule has 0 spiro atoms. The van der Waals surface area contributed by atoms with Gasteiger partial charge >= 0.3 is 6.18 Å². The molecule has 1 aliphatic rings. The average molecular weight is 349 g/mol. The molecule has 130 valence electrons. The SMILES string of the molecule is O=C(NCc1cn2cc(-c3ccoc3)cc(C(F)(F)F)c2n1)C1CC1. The molecule has 4 rings (SSSR count). The molecule has 3 aromatic rings. The van der Waals surface area contributed by atoms with Gasteiger partial charge in [0.05, 0.1) is 30.3 Å². The fourth-order valence-corrected chi connectivity index (χ4v) is 2.70. The van der Waals surface area contributed by atoms with Gasteiger partial charge in [0.15, 0.2) is 0 Å². The molecule has 3 heterocycles. The molecule has 0 atom stereocenters. The van der Waals surface area contributed by atoms with Crippen LogP contribution in [0.4, 0.5) is 13.2 Å². The lowest BCUT2D eigenvalue weighted by Gasteiger charge is -2.10. The number of imidazole rings is 1. The normalized spacial score (nSPS) is 14.8. The van der Waals surface area contributed by atoms with E-state index < -0.39 is 11.7 Å². The van der Waals surface area contributed by atoms with Gasteiger partial charge in [-0.15, -0.1) is 0 Å². The number of furan rings is 1. The Labute approximate surface area is 140 Å². The Kier molecular flexibility index (Phi) is 3.55. The van der Waals surface area contributed by atoms with Crippen LogP contribution >= 0.6 is 0 Å². The molecule has 0 aliphatic heterocycles. The number of pyridine rings is 1. The highest BCUT2D eigenvalue weighted by molar-refractivity contribution is 5.80. The van der Waals surface area contributed by atoms with Crippen molar-refractivity contribution in [1.29, 1.82) is 0 Å². The van der Waals surface area contributed by atoms with Crippen LogP contribution < -0.4 is 5.32 Å². The van der Waals surface area contributed by atoms with Crippen molar-refractivity contribution < 1.29 is 22.4 Å². The number of nitrogens with one attached hydrogen (secondary N) is 1. The highest BCUT2D eigenvalue weighted by atomic mass is 19.4. The van der Waals surface area contributed by atoms with E-state index in [4.69, 9.17) is 4.42 Å². The van der Waals surface area contributed by atoms with Gasteiger partial charge in [-0.3, -0.25) is 4.79 Å². The van der Waals surface area contributed by atoms with Gasteiger partial charge in [0.1, 0.15) is 5.65 Å². The predicted molar refractivity (Wildman–Crippen MR) is 82.5 cm³/mol. The van der Waals surface area contributed by atoms with E-state index in [-0.39, 0.29) is 24.0 Å². The Balaban J connectivity index is 1.72. The molecule has 1 fully saturated rings. The van der Waals surface area contributed by atoms with Crippen LogP contribution in [0.3, 0.4) is 0 Å². The third kappa shape index (κ3) is 3.11. The second-order valence-corrected chi connectivity index (χ2v) is 6.11. The van der Waals surface area contributed by atoms with Crippen LogP contribution in [0.2, 0.25) is 0 Å². The zero-order valence-electron chi connectivity index (χ0n) is 13.0. The number of halogens is 3. The molecule has 1 N–H and O–H groups in total. The lowest BCUT2D eigenvalue weighted by Crippen LogP contribution is -2.24. The molecule has 1 aliphatic carbocycles. The molecule has 25 heavy (non-hydrogen) atoms. The third-order valence-corrected chi connectivity index (χ3v) is 4.15. The van der Waals surface area contributed by atoms with E-state index in [2.05, 4.69) is 10.3 Å². The minimum atomic E-state index is -4.54. The molecule has 0 aromatic carbocycles. The Morgan fingerprint density at radius 3 is 2.76 bits per heavy atom. The molecule has 8 heteroatoms.